The second kappa shape index (κ2) is 11.3. The molecule has 0 aliphatic heterocycles. The molecule has 0 bridgehead atoms. The number of anilines is 1. The van der Waals surface area contributed by atoms with Crippen molar-refractivity contribution in [2.45, 2.75) is 32.9 Å². The van der Waals surface area contributed by atoms with E-state index >= 15 is 0 Å². The molecule has 0 fully saturated rings. The van der Waals surface area contributed by atoms with Gasteiger partial charge in [-0.2, -0.15) is 0 Å². The molecule has 0 heterocycles. The Bertz CT molecular complexity index is 1270. The lowest BCUT2D eigenvalue weighted by Crippen LogP contribution is -2.31. The predicted octanol–water partition coefficient (Wildman–Crippen LogP) is 6.26. The molecule has 4 heteroatoms. The summed E-state index contributed by atoms with van der Waals surface area (Å²) in [6.07, 6.45) is 0.239. The van der Waals surface area contributed by atoms with Gasteiger partial charge >= 0.3 is 0 Å². The van der Waals surface area contributed by atoms with Gasteiger partial charge < -0.3 is 10.2 Å². The summed E-state index contributed by atoms with van der Waals surface area (Å²) in [5.41, 5.74) is 5.45. The van der Waals surface area contributed by atoms with Gasteiger partial charge in [0.2, 0.25) is 5.91 Å². The third kappa shape index (κ3) is 6.45. The normalized spacial score (nSPS) is 11.5. The van der Waals surface area contributed by atoms with Crippen LogP contribution in [-0.4, -0.2) is 11.8 Å². The molecule has 2 amide bonds. The number of hydrogen-bond acceptors (Lipinski definition) is 2. The molecule has 35 heavy (non-hydrogen) atoms. The number of rotatable bonds is 8. The number of nitrogens with zero attached hydrogens (tertiary/aromatic N) is 1. The molecule has 0 saturated carbocycles. The van der Waals surface area contributed by atoms with Crippen LogP contribution in [0.15, 0.2) is 109 Å². The molecule has 0 saturated heterocycles. The lowest BCUT2D eigenvalue weighted by atomic mass is 10.1. The molecule has 0 aliphatic carbocycles. The molecule has 1 N–H and O–H groups in total. The van der Waals surface area contributed by atoms with E-state index in [0.29, 0.717) is 12.1 Å². The predicted molar refractivity (Wildman–Crippen MR) is 141 cm³/mol. The number of carbonyl (C=O) groups is 2. The highest BCUT2D eigenvalue weighted by Crippen LogP contribution is 2.23. The van der Waals surface area contributed by atoms with E-state index in [9.17, 15) is 9.59 Å². The van der Waals surface area contributed by atoms with E-state index in [-0.39, 0.29) is 24.3 Å². The summed E-state index contributed by atoms with van der Waals surface area (Å²) >= 11 is 0. The van der Waals surface area contributed by atoms with E-state index in [0.717, 1.165) is 27.9 Å². The Labute approximate surface area is 207 Å². The zero-order valence-electron chi connectivity index (χ0n) is 20.1. The molecule has 0 aromatic heterocycles. The fraction of sp³-hybridized carbons (Fsp3) is 0.161. The quantitative estimate of drug-likeness (QED) is 0.336. The Morgan fingerprint density at radius 2 is 1.40 bits per heavy atom. The zero-order valence-corrected chi connectivity index (χ0v) is 20.1. The van der Waals surface area contributed by atoms with Crippen LogP contribution < -0.4 is 10.2 Å². The van der Waals surface area contributed by atoms with Crippen LogP contribution in [0.4, 0.5) is 5.69 Å². The highest BCUT2D eigenvalue weighted by atomic mass is 16.2. The van der Waals surface area contributed by atoms with E-state index in [4.69, 9.17) is 0 Å². The number of carbonyl (C=O) groups excluding carboxylic acids is 2. The van der Waals surface area contributed by atoms with Crippen molar-refractivity contribution in [1.82, 2.24) is 5.32 Å². The highest BCUT2D eigenvalue weighted by molar-refractivity contribution is 6.06. The van der Waals surface area contributed by atoms with Gasteiger partial charge in [0.25, 0.3) is 5.91 Å². The van der Waals surface area contributed by atoms with Crippen molar-refractivity contribution in [3.63, 3.8) is 0 Å². The zero-order chi connectivity index (χ0) is 24.6. The van der Waals surface area contributed by atoms with Crippen LogP contribution in [0.2, 0.25) is 0 Å². The van der Waals surface area contributed by atoms with Gasteiger partial charge in [0, 0.05) is 11.3 Å². The minimum absolute atomic E-state index is 0.0574. The maximum atomic E-state index is 13.5. The number of nitrogens with one attached hydrogen (secondary N) is 1. The van der Waals surface area contributed by atoms with Crippen LogP contribution in [0.1, 0.15) is 45.6 Å². The fourth-order valence-corrected chi connectivity index (χ4v) is 4.04. The summed E-state index contributed by atoms with van der Waals surface area (Å²) in [6.45, 7) is 4.42. The third-order valence-corrected chi connectivity index (χ3v) is 5.99. The molecule has 0 unspecified atom stereocenters. The van der Waals surface area contributed by atoms with E-state index in [1.807, 2.05) is 123 Å². The SMILES string of the molecule is Cc1ccc(C(=O)N(Cc2ccccc2)c2cccc(CC(=O)N[C@@H](C)c3ccccc3)c2)cc1. The number of hydrogen-bond donors (Lipinski definition) is 1. The van der Waals surface area contributed by atoms with Gasteiger partial charge in [-0.15, -0.1) is 0 Å². The first-order chi connectivity index (χ1) is 17.0. The van der Waals surface area contributed by atoms with Gasteiger partial charge in [0.15, 0.2) is 0 Å². The molecule has 0 aliphatic rings. The monoisotopic (exact) mass is 462 g/mol. The molecule has 0 spiro atoms. The van der Waals surface area contributed by atoms with Crippen molar-refractivity contribution < 1.29 is 9.59 Å². The average molecular weight is 463 g/mol. The van der Waals surface area contributed by atoms with Crippen LogP contribution in [0, 0.1) is 6.92 Å². The van der Waals surface area contributed by atoms with Crippen molar-refractivity contribution >= 4 is 17.5 Å². The molecule has 0 radical (unpaired) electrons. The molecule has 4 rings (SSSR count). The van der Waals surface area contributed by atoms with Crippen molar-refractivity contribution in [2.24, 2.45) is 0 Å². The van der Waals surface area contributed by atoms with Gasteiger partial charge in [0.05, 0.1) is 19.0 Å². The van der Waals surface area contributed by atoms with E-state index in [1.165, 1.54) is 0 Å². The molecular weight excluding hydrogens is 432 g/mol. The van der Waals surface area contributed by atoms with Crippen LogP contribution >= 0.6 is 0 Å². The van der Waals surface area contributed by atoms with Crippen LogP contribution in [-0.2, 0) is 17.8 Å². The van der Waals surface area contributed by atoms with E-state index < -0.39 is 0 Å². The van der Waals surface area contributed by atoms with E-state index in [1.54, 1.807) is 4.90 Å². The molecular formula is C31H30N2O2. The largest absolute Gasteiger partial charge is 0.349 e. The summed E-state index contributed by atoms with van der Waals surface area (Å²) in [5, 5.41) is 3.07. The summed E-state index contributed by atoms with van der Waals surface area (Å²) in [5.74, 6) is -0.133. The Kier molecular flexibility index (Phi) is 7.74. The van der Waals surface area contributed by atoms with E-state index in [2.05, 4.69) is 5.32 Å². The summed E-state index contributed by atoms with van der Waals surface area (Å²) < 4.78 is 0. The van der Waals surface area contributed by atoms with Gasteiger partial charge in [-0.05, 0) is 54.8 Å². The summed E-state index contributed by atoms with van der Waals surface area (Å²) in [6, 6.07) is 35.0. The molecule has 4 aromatic rings. The fourth-order valence-electron chi connectivity index (χ4n) is 4.04. The lowest BCUT2D eigenvalue weighted by molar-refractivity contribution is -0.121. The molecule has 4 nitrogen and oxygen atoms in total. The Morgan fingerprint density at radius 3 is 2.09 bits per heavy atom. The second-order valence-corrected chi connectivity index (χ2v) is 8.79. The second-order valence-electron chi connectivity index (χ2n) is 8.79. The van der Waals surface area contributed by atoms with Gasteiger partial charge in [-0.1, -0.05) is 90.5 Å². The van der Waals surface area contributed by atoms with Gasteiger partial charge in [0.1, 0.15) is 0 Å². The first kappa shape index (κ1) is 24.0. The number of aryl methyl sites for hydroxylation is 1. The first-order valence-electron chi connectivity index (χ1n) is 11.9. The van der Waals surface area contributed by atoms with Crippen molar-refractivity contribution in [3.05, 3.63) is 137 Å². The van der Waals surface area contributed by atoms with Gasteiger partial charge in [-0.3, -0.25) is 9.59 Å². The van der Waals surface area contributed by atoms with Crippen LogP contribution in [0.25, 0.3) is 0 Å². The maximum Gasteiger partial charge on any atom is 0.258 e. The number of benzene rings is 4. The molecule has 1 atom stereocenters. The Morgan fingerprint density at radius 1 is 0.771 bits per heavy atom. The van der Waals surface area contributed by atoms with Crippen LogP contribution in [0.5, 0.6) is 0 Å². The van der Waals surface area contributed by atoms with Crippen molar-refractivity contribution in [2.75, 3.05) is 4.90 Å². The van der Waals surface area contributed by atoms with Crippen LogP contribution in [0.3, 0.4) is 0 Å². The third-order valence-electron chi connectivity index (χ3n) is 5.99. The lowest BCUT2D eigenvalue weighted by Gasteiger charge is -2.24. The first-order valence-corrected chi connectivity index (χ1v) is 11.9. The minimum Gasteiger partial charge on any atom is -0.349 e. The smallest absolute Gasteiger partial charge is 0.258 e. The summed E-state index contributed by atoms with van der Waals surface area (Å²) in [4.78, 5) is 28.1. The Hall–Kier alpha value is -4.18. The molecule has 4 aromatic carbocycles. The number of amides is 2. The Balaban J connectivity index is 1.55. The average Bonchev–Trinajstić information content (AvgIpc) is 2.88. The van der Waals surface area contributed by atoms with Gasteiger partial charge in [-0.25, -0.2) is 0 Å². The van der Waals surface area contributed by atoms with Crippen molar-refractivity contribution in [3.8, 4) is 0 Å². The van der Waals surface area contributed by atoms with Crippen molar-refractivity contribution in [1.29, 1.82) is 0 Å². The molecule has 176 valence electrons. The maximum absolute atomic E-state index is 13.5. The topological polar surface area (TPSA) is 49.4 Å². The standard InChI is InChI=1S/C31H30N2O2/c1-23-16-18-28(19-17-23)31(35)33(22-25-10-5-3-6-11-25)29-15-9-12-26(20-29)21-30(34)32-24(2)27-13-7-4-8-14-27/h3-20,24H,21-22H2,1-2H3,(H,32,34)/t24-/m0/s1. The summed E-state index contributed by atoms with van der Waals surface area (Å²) in [7, 11) is 0. The minimum atomic E-state index is -0.0791. The highest BCUT2D eigenvalue weighted by Gasteiger charge is 2.19.